The van der Waals surface area contributed by atoms with Crippen molar-refractivity contribution in [1.29, 1.82) is 0 Å². The Morgan fingerprint density at radius 2 is 1.32 bits per heavy atom. The number of carbonyl (C=O) groups is 1. The SMILES string of the molecule is CC1C(c2cc3c(Nc4ccc5scnc5c4F)ccnc3s2)=CCN1C(=O)OCc1ccccc1.CC1NCC=C1c1cc2c(Nc3ccc4scnc4c3F)ccnc2s1. The number of amides is 1. The molecule has 16 heteroatoms. The summed E-state index contributed by atoms with van der Waals surface area (Å²) in [4.78, 5) is 35.8. The van der Waals surface area contributed by atoms with Gasteiger partial charge in [-0.2, -0.15) is 0 Å². The first-order chi connectivity index (χ1) is 30.3. The fourth-order valence-corrected chi connectivity index (χ4v) is 11.3. The van der Waals surface area contributed by atoms with Gasteiger partial charge in [-0.05, 0) is 79.1 Å². The number of ether oxygens (including phenoxy) is 1. The minimum Gasteiger partial charge on any atom is -0.445 e. The van der Waals surface area contributed by atoms with Crippen LogP contribution in [-0.2, 0) is 11.3 Å². The van der Waals surface area contributed by atoms with Crippen molar-refractivity contribution >= 4 is 126 Å². The number of benzene rings is 3. The maximum absolute atomic E-state index is 15.0. The molecule has 0 aliphatic carbocycles. The molecule has 0 fully saturated rings. The van der Waals surface area contributed by atoms with Gasteiger partial charge in [0.15, 0.2) is 11.6 Å². The highest BCUT2D eigenvalue weighted by molar-refractivity contribution is 7.20. The van der Waals surface area contributed by atoms with Crippen molar-refractivity contribution in [2.45, 2.75) is 32.5 Å². The Morgan fingerprint density at radius 1 is 0.742 bits per heavy atom. The van der Waals surface area contributed by atoms with Crippen molar-refractivity contribution < 1.29 is 18.3 Å². The second kappa shape index (κ2) is 16.9. The van der Waals surface area contributed by atoms with Crippen molar-refractivity contribution in [2.24, 2.45) is 0 Å². The molecule has 8 heterocycles. The molecule has 6 aromatic heterocycles. The van der Waals surface area contributed by atoms with Crippen LogP contribution in [0.1, 0.15) is 29.2 Å². The quantitative estimate of drug-likeness (QED) is 0.137. The second-order valence-corrected chi connectivity index (χ2v) is 18.5. The lowest BCUT2D eigenvalue weighted by Gasteiger charge is -2.23. The molecule has 10 nitrogen and oxygen atoms in total. The number of hydrogen-bond donors (Lipinski definition) is 3. The number of thiophene rings is 2. The number of anilines is 4. The standard InChI is InChI=1S/C27H21FN4O2S2.C19H15FN4S2/c1-16-18(10-12-32(16)27(33)34-14-17-5-3-2-4-6-17)23-13-19-20(9-11-29-26(19)36-23)31-21-7-8-22-25(24(21)28)30-15-35-22;1-10-11(4-6-21-10)16-8-12-13(5-7-22-19(12)26-16)24-14-2-3-15-18(17(14)20)23-9-25-15/h2-11,13,15-16H,12,14H2,1H3,(H,29,31);2-5,7-10,21H,6H2,1H3,(H,22,24). The molecule has 2 aliphatic heterocycles. The van der Waals surface area contributed by atoms with Crippen molar-refractivity contribution in [3.63, 3.8) is 0 Å². The maximum Gasteiger partial charge on any atom is 0.410 e. The third-order valence-corrected chi connectivity index (χ3v) is 14.7. The molecule has 0 spiro atoms. The van der Waals surface area contributed by atoms with E-state index in [0.717, 1.165) is 63.8 Å². The van der Waals surface area contributed by atoms with Crippen LogP contribution in [0.25, 0.3) is 52.0 Å². The number of fused-ring (bicyclic) bond motifs is 4. The van der Waals surface area contributed by atoms with Gasteiger partial charge in [0, 0.05) is 52.1 Å². The lowest BCUT2D eigenvalue weighted by Crippen LogP contribution is -2.35. The second-order valence-electron chi connectivity index (χ2n) is 14.7. The van der Waals surface area contributed by atoms with E-state index < -0.39 is 0 Å². The van der Waals surface area contributed by atoms with E-state index in [0.29, 0.717) is 35.0 Å². The van der Waals surface area contributed by atoms with Gasteiger partial charge in [-0.25, -0.2) is 33.5 Å². The zero-order valence-electron chi connectivity index (χ0n) is 33.2. The topological polar surface area (TPSA) is 117 Å². The molecule has 2 unspecified atom stereocenters. The summed E-state index contributed by atoms with van der Waals surface area (Å²) in [6, 6.07) is 25.0. The smallest absolute Gasteiger partial charge is 0.410 e. The summed E-state index contributed by atoms with van der Waals surface area (Å²) in [5.74, 6) is -0.688. The van der Waals surface area contributed by atoms with E-state index in [-0.39, 0.29) is 30.4 Å². The van der Waals surface area contributed by atoms with Gasteiger partial charge < -0.3 is 20.7 Å². The first kappa shape index (κ1) is 39.9. The van der Waals surface area contributed by atoms with Crippen LogP contribution in [0.4, 0.5) is 36.3 Å². The number of nitrogens with one attached hydrogen (secondary N) is 3. The Balaban J connectivity index is 0.000000156. The zero-order valence-corrected chi connectivity index (χ0v) is 36.5. The predicted molar refractivity (Wildman–Crippen MR) is 251 cm³/mol. The highest BCUT2D eigenvalue weighted by Gasteiger charge is 2.31. The third-order valence-electron chi connectivity index (χ3n) is 10.9. The fourth-order valence-electron chi connectivity index (χ4n) is 7.64. The summed E-state index contributed by atoms with van der Waals surface area (Å²) in [6.45, 7) is 5.77. The molecule has 310 valence electrons. The van der Waals surface area contributed by atoms with Crippen molar-refractivity contribution in [3.8, 4) is 0 Å². The van der Waals surface area contributed by atoms with E-state index in [4.69, 9.17) is 4.74 Å². The van der Waals surface area contributed by atoms with Crippen LogP contribution in [0.3, 0.4) is 0 Å². The van der Waals surface area contributed by atoms with Gasteiger partial charge in [0.05, 0.1) is 49.2 Å². The Labute approximate surface area is 370 Å². The molecule has 2 atom stereocenters. The van der Waals surface area contributed by atoms with Gasteiger partial charge in [-0.1, -0.05) is 42.5 Å². The number of nitrogens with zero attached hydrogens (tertiary/aromatic N) is 5. The van der Waals surface area contributed by atoms with E-state index in [1.54, 1.807) is 63.1 Å². The normalized spacial score (nSPS) is 16.2. The molecule has 0 radical (unpaired) electrons. The number of halogens is 2. The summed E-state index contributed by atoms with van der Waals surface area (Å²) in [5.41, 5.74) is 9.80. The van der Waals surface area contributed by atoms with E-state index in [2.05, 4.69) is 67.1 Å². The molecule has 0 saturated carbocycles. The monoisotopic (exact) mass is 898 g/mol. The Morgan fingerprint density at radius 3 is 1.89 bits per heavy atom. The van der Waals surface area contributed by atoms with Crippen LogP contribution >= 0.6 is 45.3 Å². The summed E-state index contributed by atoms with van der Waals surface area (Å²) in [6.07, 6.45) is 7.41. The van der Waals surface area contributed by atoms with Crippen LogP contribution in [0.2, 0.25) is 0 Å². The van der Waals surface area contributed by atoms with Crippen LogP contribution in [-0.4, -0.2) is 56.1 Å². The van der Waals surface area contributed by atoms with E-state index >= 15 is 0 Å². The van der Waals surface area contributed by atoms with Gasteiger partial charge in [0.2, 0.25) is 0 Å². The molecule has 2 aliphatic rings. The van der Waals surface area contributed by atoms with Crippen LogP contribution in [0.15, 0.2) is 114 Å². The van der Waals surface area contributed by atoms with Crippen LogP contribution in [0, 0.1) is 11.6 Å². The number of carbonyl (C=O) groups excluding carboxylic acids is 1. The molecule has 9 aromatic rings. The highest BCUT2D eigenvalue weighted by Crippen LogP contribution is 2.40. The number of hydrogen-bond acceptors (Lipinski definition) is 13. The molecule has 0 bridgehead atoms. The van der Waals surface area contributed by atoms with Crippen LogP contribution < -0.4 is 16.0 Å². The molecule has 62 heavy (non-hydrogen) atoms. The molecule has 1 amide bonds. The first-order valence-corrected chi connectivity index (χ1v) is 23.1. The van der Waals surface area contributed by atoms with Gasteiger partial charge in [-0.15, -0.1) is 45.3 Å². The average Bonchev–Trinajstić information content (AvgIpc) is 4.15. The van der Waals surface area contributed by atoms with Crippen molar-refractivity contribution in [1.82, 2.24) is 30.2 Å². The number of thiazole rings is 2. The maximum atomic E-state index is 15.0. The van der Waals surface area contributed by atoms with Gasteiger partial charge in [0.1, 0.15) is 27.3 Å². The minimum atomic E-state index is -0.369. The number of pyridine rings is 2. The molecule has 0 saturated heterocycles. The van der Waals surface area contributed by atoms with Crippen molar-refractivity contribution in [3.05, 3.63) is 141 Å². The molecule has 3 aromatic carbocycles. The molecular formula is C46H36F2N8O2S4. The van der Waals surface area contributed by atoms with E-state index in [1.807, 2.05) is 61.5 Å². The highest BCUT2D eigenvalue weighted by atomic mass is 32.1. The first-order valence-electron chi connectivity index (χ1n) is 19.7. The average molecular weight is 899 g/mol. The zero-order chi connectivity index (χ0) is 42.3. The summed E-state index contributed by atoms with van der Waals surface area (Å²) in [7, 11) is 0. The lowest BCUT2D eigenvalue weighted by molar-refractivity contribution is 0.0977. The summed E-state index contributed by atoms with van der Waals surface area (Å²) >= 11 is 6.07. The van der Waals surface area contributed by atoms with Gasteiger partial charge in [-0.3, -0.25) is 4.90 Å². The van der Waals surface area contributed by atoms with Crippen molar-refractivity contribution in [2.75, 3.05) is 23.7 Å². The Hall–Kier alpha value is -6.17. The molecule has 11 rings (SSSR count). The molecular weight excluding hydrogens is 863 g/mol. The van der Waals surface area contributed by atoms with E-state index in [1.165, 1.54) is 33.1 Å². The number of rotatable bonds is 8. The summed E-state index contributed by atoms with van der Waals surface area (Å²) in [5, 5.41) is 11.8. The molecule has 3 N–H and O–H groups in total. The fraction of sp³-hybridized carbons (Fsp3) is 0.152. The lowest BCUT2D eigenvalue weighted by atomic mass is 10.1. The number of aromatic nitrogens is 4. The largest absolute Gasteiger partial charge is 0.445 e. The third kappa shape index (κ3) is 7.68. The van der Waals surface area contributed by atoms with Gasteiger partial charge >= 0.3 is 6.09 Å². The van der Waals surface area contributed by atoms with Gasteiger partial charge in [0.25, 0.3) is 0 Å². The minimum absolute atomic E-state index is 0.137. The predicted octanol–water partition coefficient (Wildman–Crippen LogP) is 12.4. The summed E-state index contributed by atoms with van der Waals surface area (Å²) < 4.78 is 36.9. The van der Waals surface area contributed by atoms with Crippen LogP contribution in [0.5, 0.6) is 0 Å². The Bertz CT molecular complexity index is 3200. The Kier molecular flexibility index (Phi) is 10.9. The van der Waals surface area contributed by atoms with E-state index in [9.17, 15) is 13.6 Å².